The first-order chi connectivity index (χ1) is 10.2. The van der Waals surface area contributed by atoms with Crippen LogP contribution in [0.25, 0.3) is 0 Å². The molecule has 1 heterocycles. The summed E-state index contributed by atoms with van der Waals surface area (Å²) >= 11 is 0. The summed E-state index contributed by atoms with van der Waals surface area (Å²) in [6, 6.07) is 0. The van der Waals surface area contributed by atoms with Gasteiger partial charge in [-0.15, -0.1) is 0 Å². The molecule has 0 saturated heterocycles. The highest BCUT2D eigenvalue weighted by Crippen LogP contribution is 2.49. The largest absolute Gasteiger partial charge is 0.468 e. The van der Waals surface area contributed by atoms with Crippen LogP contribution in [0.15, 0.2) is 4.52 Å². The molecule has 0 aliphatic heterocycles. The molecule has 0 atom stereocenters. The second-order valence-corrected chi connectivity index (χ2v) is 6.11. The number of carbonyl (C=O) groups excluding carboxylic acids is 1. The molecule has 6 nitrogen and oxygen atoms in total. The van der Waals surface area contributed by atoms with Crippen LogP contribution in [0.4, 0.5) is 0 Å². The second-order valence-electron chi connectivity index (χ2n) is 6.11. The quantitative estimate of drug-likeness (QED) is 0.627. The van der Waals surface area contributed by atoms with E-state index in [2.05, 4.69) is 10.1 Å². The summed E-state index contributed by atoms with van der Waals surface area (Å²) in [5.41, 5.74) is -1.18. The van der Waals surface area contributed by atoms with E-state index >= 15 is 0 Å². The summed E-state index contributed by atoms with van der Waals surface area (Å²) in [7, 11) is 3.09. The lowest BCUT2D eigenvalue weighted by Crippen LogP contribution is -2.30. The number of nitrogens with zero attached hydrogens (tertiary/aromatic N) is 2. The number of hydrogen-bond donors (Lipinski definition) is 0. The molecular weight excluding hydrogens is 272 g/mol. The maximum absolute atomic E-state index is 11.9. The van der Waals surface area contributed by atoms with Gasteiger partial charge in [0.25, 0.3) is 0 Å². The number of hydrogen-bond acceptors (Lipinski definition) is 6. The molecule has 2 aliphatic carbocycles. The van der Waals surface area contributed by atoms with Crippen molar-refractivity contribution >= 4 is 5.97 Å². The van der Waals surface area contributed by atoms with Crippen molar-refractivity contribution in [3.05, 3.63) is 11.7 Å². The van der Waals surface area contributed by atoms with E-state index in [1.165, 1.54) is 20.0 Å². The molecule has 2 fully saturated rings. The Labute approximate surface area is 124 Å². The Morgan fingerprint density at radius 3 is 2.29 bits per heavy atom. The smallest absolute Gasteiger partial charge is 0.321 e. The Morgan fingerprint density at radius 2 is 1.76 bits per heavy atom. The van der Waals surface area contributed by atoms with Crippen LogP contribution in [0.2, 0.25) is 0 Å². The summed E-state index contributed by atoms with van der Waals surface area (Å²) in [5, 5.41) is 4.13. The fourth-order valence-corrected chi connectivity index (χ4v) is 3.25. The molecule has 3 rings (SSSR count). The van der Waals surface area contributed by atoms with Crippen molar-refractivity contribution in [1.29, 1.82) is 0 Å². The zero-order valence-corrected chi connectivity index (χ0v) is 12.7. The van der Waals surface area contributed by atoms with E-state index in [1.807, 2.05) is 0 Å². The van der Waals surface area contributed by atoms with Crippen LogP contribution in [-0.2, 0) is 25.3 Å². The molecule has 116 valence electrons. The Bertz CT molecular complexity index is 513. The fourth-order valence-electron chi connectivity index (χ4n) is 3.25. The maximum atomic E-state index is 11.9. The van der Waals surface area contributed by atoms with Gasteiger partial charge in [0.2, 0.25) is 11.7 Å². The Kier molecular flexibility index (Phi) is 3.73. The molecule has 1 aromatic heterocycles. The lowest BCUT2D eigenvalue weighted by Gasteiger charge is -2.27. The van der Waals surface area contributed by atoms with Crippen molar-refractivity contribution in [3.63, 3.8) is 0 Å². The van der Waals surface area contributed by atoms with E-state index in [0.29, 0.717) is 24.6 Å². The number of aromatic nitrogens is 2. The van der Waals surface area contributed by atoms with Crippen molar-refractivity contribution in [1.82, 2.24) is 10.1 Å². The average molecular weight is 294 g/mol. The van der Waals surface area contributed by atoms with Gasteiger partial charge in [0.15, 0.2) is 0 Å². The Balaban J connectivity index is 1.88. The molecule has 0 unspecified atom stereocenters. The molecule has 0 amide bonds. The molecule has 0 bridgehead atoms. The summed E-state index contributed by atoms with van der Waals surface area (Å²) in [6.45, 7) is 0. The molecule has 6 heteroatoms. The zero-order valence-electron chi connectivity index (χ0n) is 12.7. The fraction of sp³-hybridized carbons (Fsp3) is 0.800. The van der Waals surface area contributed by atoms with Crippen LogP contribution in [0.5, 0.6) is 0 Å². The van der Waals surface area contributed by atoms with Crippen LogP contribution >= 0.6 is 0 Å². The summed E-state index contributed by atoms with van der Waals surface area (Å²) < 4.78 is 16.0. The molecule has 0 N–H and O–H groups in total. The van der Waals surface area contributed by atoms with Crippen molar-refractivity contribution in [2.45, 2.75) is 62.4 Å². The normalized spacial score (nSPS) is 23.3. The first-order valence-electron chi connectivity index (χ1n) is 7.65. The Hall–Kier alpha value is -1.43. The van der Waals surface area contributed by atoms with Gasteiger partial charge in [-0.05, 0) is 25.7 Å². The number of ether oxygens (including phenoxy) is 2. The highest BCUT2D eigenvalue weighted by Gasteiger charge is 2.58. The minimum absolute atomic E-state index is 0.287. The van der Waals surface area contributed by atoms with E-state index in [-0.39, 0.29) is 5.97 Å². The topological polar surface area (TPSA) is 74.5 Å². The van der Waals surface area contributed by atoms with Crippen LogP contribution in [-0.4, -0.2) is 30.3 Å². The zero-order chi connectivity index (χ0) is 14.9. The van der Waals surface area contributed by atoms with Crippen LogP contribution in [0.3, 0.4) is 0 Å². The molecule has 21 heavy (non-hydrogen) atoms. The van der Waals surface area contributed by atoms with Gasteiger partial charge in [-0.3, -0.25) is 4.79 Å². The van der Waals surface area contributed by atoms with Crippen molar-refractivity contribution in [2.75, 3.05) is 14.2 Å². The predicted molar refractivity (Wildman–Crippen MR) is 73.6 cm³/mol. The minimum atomic E-state index is -0.709. The van der Waals surface area contributed by atoms with E-state index in [1.54, 1.807) is 7.11 Å². The van der Waals surface area contributed by atoms with Crippen molar-refractivity contribution < 1.29 is 18.8 Å². The van der Waals surface area contributed by atoms with Gasteiger partial charge in [0.05, 0.1) is 7.11 Å². The third kappa shape index (κ3) is 2.35. The number of esters is 1. The van der Waals surface area contributed by atoms with E-state index in [0.717, 1.165) is 25.7 Å². The highest BCUT2D eigenvalue weighted by molar-refractivity contribution is 5.85. The average Bonchev–Trinajstić information content (AvgIpc) is 3.24. The molecule has 0 radical (unpaired) electrons. The third-order valence-electron chi connectivity index (χ3n) is 4.87. The van der Waals surface area contributed by atoms with Crippen LogP contribution < -0.4 is 0 Å². The Morgan fingerprint density at radius 1 is 1.10 bits per heavy atom. The number of rotatable bonds is 4. The lowest BCUT2D eigenvalue weighted by molar-refractivity contribution is -0.144. The van der Waals surface area contributed by atoms with Gasteiger partial charge in [0.1, 0.15) is 11.0 Å². The van der Waals surface area contributed by atoms with Gasteiger partial charge < -0.3 is 14.0 Å². The SMILES string of the molecule is COC(=O)C1(c2nc(C3(OC)CCCCCC3)no2)CC1. The summed E-state index contributed by atoms with van der Waals surface area (Å²) in [4.78, 5) is 16.4. The highest BCUT2D eigenvalue weighted by atomic mass is 16.5. The third-order valence-corrected chi connectivity index (χ3v) is 4.87. The van der Waals surface area contributed by atoms with Gasteiger partial charge in [-0.25, -0.2) is 0 Å². The van der Waals surface area contributed by atoms with E-state index in [4.69, 9.17) is 14.0 Å². The van der Waals surface area contributed by atoms with Gasteiger partial charge in [-0.1, -0.05) is 30.8 Å². The van der Waals surface area contributed by atoms with E-state index < -0.39 is 11.0 Å². The van der Waals surface area contributed by atoms with Crippen molar-refractivity contribution in [2.24, 2.45) is 0 Å². The van der Waals surface area contributed by atoms with Gasteiger partial charge >= 0.3 is 5.97 Å². The number of methoxy groups -OCH3 is 2. The molecule has 1 aromatic rings. The molecule has 2 saturated carbocycles. The molecule has 0 spiro atoms. The van der Waals surface area contributed by atoms with Gasteiger partial charge in [-0.2, -0.15) is 4.98 Å². The molecule has 0 aromatic carbocycles. The van der Waals surface area contributed by atoms with Crippen LogP contribution in [0.1, 0.15) is 63.1 Å². The predicted octanol–water partition coefficient (Wildman–Crippen LogP) is 2.47. The van der Waals surface area contributed by atoms with Crippen molar-refractivity contribution in [3.8, 4) is 0 Å². The monoisotopic (exact) mass is 294 g/mol. The summed E-state index contributed by atoms with van der Waals surface area (Å²) in [5.74, 6) is 0.673. The molecular formula is C15H22N2O4. The van der Waals surface area contributed by atoms with Crippen LogP contribution in [0, 0.1) is 0 Å². The van der Waals surface area contributed by atoms with Gasteiger partial charge in [0, 0.05) is 7.11 Å². The standard InChI is InChI=1S/C15H22N2O4/c1-19-13(18)14(9-10-14)12-16-11(17-21-12)15(20-2)7-5-3-4-6-8-15/h3-10H2,1-2H3. The molecule has 2 aliphatic rings. The van der Waals surface area contributed by atoms with E-state index in [9.17, 15) is 4.79 Å². The maximum Gasteiger partial charge on any atom is 0.321 e. The minimum Gasteiger partial charge on any atom is -0.468 e. The first kappa shape index (κ1) is 14.5. The lowest BCUT2D eigenvalue weighted by atomic mass is 9.93. The summed E-state index contributed by atoms with van der Waals surface area (Å²) in [6.07, 6.45) is 7.83. The second kappa shape index (κ2) is 5.40. The first-order valence-corrected chi connectivity index (χ1v) is 7.65. The number of carbonyl (C=O) groups is 1.